The summed E-state index contributed by atoms with van der Waals surface area (Å²) in [4.78, 5) is 26.5. The number of methoxy groups -OCH3 is 1. The maximum atomic E-state index is 11.9. The Labute approximate surface area is 112 Å². The van der Waals surface area contributed by atoms with Gasteiger partial charge in [0.1, 0.15) is 0 Å². The van der Waals surface area contributed by atoms with Crippen LogP contribution in [0.5, 0.6) is 0 Å². The van der Waals surface area contributed by atoms with Crippen molar-refractivity contribution in [2.24, 2.45) is 0 Å². The van der Waals surface area contributed by atoms with Crippen LogP contribution in [0.3, 0.4) is 0 Å². The first kappa shape index (κ1) is 15.4. The number of aromatic nitrogens is 2. The first-order valence-corrected chi connectivity index (χ1v) is 6.18. The molecular weight excluding hydrogens is 248 g/mol. The summed E-state index contributed by atoms with van der Waals surface area (Å²) in [7, 11) is 1.58. The number of nitrogens with zero attached hydrogens (tertiary/aromatic N) is 2. The Morgan fingerprint density at radius 3 is 2.63 bits per heavy atom. The minimum absolute atomic E-state index is 0.0292. The van der Waals surface area contributed by atoms with Gasteiger partial charge in [0.05, 0.1) is 12.6 Å². The van der Waals surface area contributed by atoms with Crippen LogP contribution in [-0.4, -0.2) is 33.8 Å². The van der Waals surface area contributed by atoms with Crippen molar-refractivity contribution in [1.82, 2.24) is 9.55 Å². The van der Waals surface area contributed by atoms with E-state index < -0.39 is 5.97 Å². The van der Waals surface area contributed by atoms with E-state index in [4.69, 9.17) is 9.84 Å². The lowest BCUT2D eigenvalue weighted by molar-refractivity contribution is -0.136. The fourth-order valence-corrected chi connectivity index (χ4v) is 1.98. The zero-order valence-electron chi connectivity index (χ0n) is 11.8. The molecule has 0 aliphatic rings. The SMILES string of the molecule is COC(C)Cn1c(C)c(CCC(=O)O)c(C)nc1=O. The van der Waals surface area contributed by atoms with Gasteiger partial charge in [0.15, 0.2) is 0 Å². The average Bonchev–Trinajstić information content (AvgIpc) is 2.33. The molecule has 0 aliphatic heterocycles. The largest absolute Gasteiger partial charge is 0.481 e. The number of carbonyl (C=O) groups is 1. The second kappa shape index (κ2) is 6.47. The number of aliphatic carboxylic acids is 1. The van der Waals surface area contributed by atoms with Gasteiger partial charge in [-0.05, 0) is 32.8 Å². The van der Waals surface area contributed by atoms with Gasteiger partial charge in [-0.25, -0.2) is 4.79 Å². The summed E-state index contributed by atoms with van der Waals surface area (Å²) in [6, 6.07) is 0. The summed E-state index contributed by atoms with van der Waals surface area (Å²) in [5.74, 6) is -0.859. The van der Waals surface area contributed by atoms with E-state index in [0.717, 1.165) is 11.3 Å². The van der Waals surface area contributed by atoms with Gasteiger partial charge in [0.25, 0.3) is 0 Å². The van der Waals surface area contributed by atoms with Gasteiger partial charge < -0.3 is 9.84 Å². The fourth-order valence-electron chi connectivity index (χ4n) is 1.98. The number of carboxylic acid groups (broad SMARTS) is 1. The minimum atomic E-state index is -0.859. The van der Waals surface area contributed by atoms with E-state index in [0.29, 0.717) is 18.7 Å². The van der Waals surface area contributed by atoms with Gasteiger partial charge in [0.2, 0.25) is 0 Å². The van der Waals surface area contributed by atoms with Crippen LogP contribution in [0.2, 0.25) is 0 Å². The number of ether oxygens (including phenoxy) is 1. The summed E-state index contributed by atoms with van der Waals surface area (Å²) >= 11 is 0. The molecule has 1 atom stereocenters. The monoisotopic (exact) mass is 268 g/mol. The van der Waals surface area contributed by atoms with Crippen molar-refractivity contribution >= 4 is 5.97 Å². The molecule has 1 aromatic heterocycles. The third kappa shape index (κ3) is 3.89. The molecule has 0 aromatic carbocycles. The highest BCUT2D eigenvalue weighted by Gasteiger charge is 2.14. The molecule has 0 fully saturated rings. The zero-order chi connectivity index (χ0) is 14.6. The Bertz CT molecular complexity index is 522. The molecular formula is C13H20N2O4. The maximum Gasteiger partial charge on any atom is 0.348 e. The molecule has 0 saturated carbocycles. The number of rotatable bonds is 6. The summed E-state index contributed by atoms with van der Waals surface area (Å²) in [5, 5.41) is 8.76. The minimum Gasteiger partial charge on any atom is -0.481 e. The molecule has 0 radical (unpaired) electrons. The van der Waals surface area contributed by atoms with E-state index in [1.54, 1.807) is 18.6 Å². The predicted molar refractivity (Wildman–Crippen MR) is 70.4 cm³/mol. The van der Waals surface area contributed by atoms with Crippen molar-refractivity contribution in [1.29, 1.82) is 0 Å². The molecule has 106 valence electrons. The second-order valence-electron chi connectivity index (χ2n) is 4.59. The van der Waals surface area contributed by atoms with Crippen molar-refractivity contribution in [3.05, 3.63) is 27.4 Å². The molecule has 0 amide bonds. The average molecular weight is 268 g/mol. The highest BCUT2D eigenvalue weighted by molar-refractivity contribution is 5.67. The Kier molecular flexibility index (Phi) is 5.23. The van der Waals surface area contributed by atoms with Crippen molar-refractivity contribution < 1.29 is 14.6 Å². The fraction of sp³-hybridized carbons (Fsp3) is 0.615. The Morgan fingerprint density at radius 2 is 2.11 bits per heavy atom. The van der Waals surface area contributed by atoms with E-state index in [-0.39, 0.29) is 18.2 Å². The first-order valence-electron chi connectivity index (χ1n) is 6.18. The van der Waals surface area contributed by atoms with Crippen LogP contribution in [0.25, 0.3) is 0 Å². The predicted octanol–water partition coefficient (Wildman–Crippen LogP) is 0.912. The summed E-state index contributed by atoms with van der Waals surface area (Å²) < 4.78 is 6.69. The van der Waals surface area contributed by atoms with Crippen LogP contribution in [0.15, 0.2) is 4.79 Å². The molecule has 6 heteroatoms. The van der Waals surface area contributed by atoms with Crippen LogP contribution in [0.1, 0.15) is 30.3 Å². The molecule has 1 aromatic rings. The van der Waals surface area contributed by atoms with Crippen molar-refractivity contribution in [2.45, 2.75) is 46.3 Å². The summed E-state index contributed by atoms with van der Waals surface area (Å²) in [5.41, 5.74) is 1.87. The number of carboxylic acids is 1. The van der Waals surface area contributed by atoms with Crippen LogP contribution in [0, 0.1) is 13.8 Å². The molecule has 1 unspecified atom stereocenters. The second-order valence-corrected chi connectivity index (χ2v) is 4.59. The van der Waals surface area contributed by atoms with E-state index in [9.17, 15) is 9.59 Å². The normalized spacial score (nSPS) is 12.4. The van der Waals surface area contributed by atoms with E-state index >= 15 is 0 Å². The Morgan fingerprint density at radius 1 is 1.47 bits per heavy atom. The standard InChI is InChI=1S/C13H20N2O4/c1-8(19-4)7-15-10(3)11(5-6-12(16)17)9(2)14-13(15)18/h8H,5-7H2,1-4H3,(H,16,17). The highest BCUT2D eigenvalue weighted by Crippen LogP contribution is 2.12. The number of aryl methyl sites for hydroxylation is 1. The smallest absolute Gasteiger partial charge is 0.348 e. The van der Waals surface area contributed by atoms with E-state index in [2.05, 4.69) is 4.98 Å². The Balaban J connectivity index is 3.14. The van der Waals surface area contributed by atoms with Gasteiger partial charge in [0, 0.05) is 24.9 Å². The van der Waals surface area contributed by atoms with E-state index in [1.807, 2.05) is 13.8 Å². The summed E-state index contributed by atoms with van der Waals surface area (Å²) in [6.45, 7) is 5.82. The molecule has 6 nitrogen and oxygen atoms in total. The highest BCUT2D eigenvalue weighted by atomic mass is 16.5. The molecule has 0 saturated heterocycles. The zero-order valence-corrected chi connectivity index (χ0v) is 11.8. The molecule has 1 N–H and O–H groups in total. The maximum absolute atomic E-state index is 11.9. The van der Waals surface area contributed by atoms with Crippen LogP contribution < -0.4 is 5.69 Å². The Hall–Kier alpha value is -1.69. The van der Waals surface area contributed by atoms with Crippen LogP contribution in [-0.2, 0) is 22.5 Å². The van der Waals surface area contributed by atoms with Crippen LogP contribution in [0.4, 0.5) is 0 Å². The number of hydrogen-bond acceptors (Lipinski definition) is 4. The molecule has 1 rings (SSSR count). The lowest BCUT2D eigenvalue weighted by atomic mass is 10.1. The molecule has 0 spiro atoms. The molecule has 0 aliphatic carbocycles. The summed E-state index contributed by atoms with van der Waals surface area (Å²) in [6.07, 6.45) is 0.302. The quantitative estimate of drug-likeness (QED) is 0.829. The molecule has 0 bridgehead atoms. The first-order chi connectivity index (χ1) is 8.86. The van der Waals surface area contributed by atoms with Crippen molar-refractivity contribution in [3.8, 4) is 0 Å². The van der Waals surface area contributed by atoms with Gasteiger partial charge in [-0.3, -0.25) is 9.36 Å². The third-order valence-electron chi connectivity index (χ3n) is 3.20. The molecule has 1 heterocycles. The van der Waals surface area contributed by atoms with Gasteiger partial charge in [-0.15, -0.1) is 0 Å². The third-order valence-corrected chi connectivity index (χ3v) is 3.20. The lowest BCUT2D eigenvalue weighted by Gasteiger charge is -2.17. The van der Waals surface area contributed by atoms with Gasteiger partial charge >= 0.3 is 11.7 Å². The van der Waals surface area contributed by atoms with E-state index in [1.165, 1.54) is 0 Å². The van der Waals surface area contributed by atoms with Gasteiger partial charge in [-0.2, -0.15) is 4.98 Å². The lowest BCUT2D eigenvalue weighted by Crippen LogP contribution is -2.32. The van der Waals surface area contributed by atoms with Crippen molar-refractivity contribution in [3.63, 3.8) is 0 Å². The topological polar surface area (TPSA) is 81.4 Å². The molecule has 19 heavy (non-hydrogen) atoms. The van der Waals surface area contributed by atoms with Crippen LogP contribution >= 0.6 is 0 Å². The number of hydrogen-bond donors (Lipinski definition) is 1. The van der Waals surface area contributed by atoms with Gasteiger partial charge in [-0.1, -0.05) is 0 Å². The van der Waals surface area contributed by atoms with Crippen molar-refractivity contribution in [2.75, 3.05) is 7.11 Å².